The Labute approximate surface area is 171 Å². The maximum atomic E-state index is 13.1. The molecule has 0 aliphatic carbocycles. The van der Waals surface area contributed by atoms with E-state index in [1.807, 2.05) is 44.2 Å². The summed E-state index contributed by atoms with van der Waals surface area (Å²) < 4.78 is 27.3. The lowest BCUT2D eigenvalue weighted by atomic mass is 10.0. The van der Waals surface area contributed by atoms with Crippen LogP contribution in [-0.2, 0) is 16.4 Å². The van der Waals surface area contributed by atoms with E-state index in [0.717, 1.165) is 17.7 Å². The number of sulfonamides is 1. The smallest absolute Gasteiger partial charge is 0.269 e. The first-order chi connectivity index (χ1) is 13.6. The van der Waals surface area contributed by atoms with Gasteiger partial charge in [0.15, 0.2) is 0 Å². The maximum Gasteiger partial charge on any atom is 0.269 e. The quantitative estimate of drug-likeness (QED) is 0.447. The Balaban J connectivity index is 2.19. The number of rotatable bonds is 10. The van der Waals surface area contributed by atoms with E-state index in [-0.39, 0.29) is 29.6 Å². The van der Waals surface area contributed by atoms with E-state index in [1.165, 1.54) is 16.4 Å². The third-order valence-electron chi connectivity index (χ3n) is 4.45. The van der Waals surface area contributed by atoms with Crippen LogP contribution in [0, 0.1) is 16.0 Å². The van der Waals surface area contributed by atoms with E-state index in [0.29, 0.717) is 6.42 Å². The number of nitrogens with zero attached hydrogens (tertiary/aromatic N) is 2. The zero-order valence-corrected chi connectivity index (χ0v) is 17.3. The molecule has 2 aromatic rings. The summed E-state index contributed by atoms with van der Waals surface area (Å²) in [5, 5.41) is 21.4. The second-order valence-electron chi connectivity index (χ2n) is 7.39. The zero-order chi connectivity index (χ0) is 21.6. The molecule has 158 valence electrons. The van der Waals surface area contributed by atoms with Crippen molar-refractivity contribution >= 4 is 15.7 Å². The number of nitro benzene ring substituents is 1. The number of aliphatic hydroxyl groups is 1. The first kappa shape index (κ1) is 23.0. The first-order valence-corrected chi connectivity index (χ1v) is 10.8. The molecule has 0 amide bonds. The third-order valence-corrected chi connectivity index (χ3v) is 6.30. The first-order valence-electron chi connectivity index (χ1n) is 9.33. The molecule has 0 aromatic heterocycles. The Bertz CT molecular complexity index is 901. The fraction of sp³-hybridized carbons (Fsp3) is 0.400. The van der Waals surface area contributed by atoms with Crippen LogP contribution in [-0.4, -0.2) is 48.0 Å². The van der Waals surface area contributed by atoms with Crippen LogP contribution in [0.25, 0.3) is 0 Å². The molecular weight excluding hydrogens is 394 g/mol. The van der Waals surface area contributed by atoms with Gasteiger partial charge in [0, 0.05) is 31.3 Å². The van der Waals surface area contributed by atoms with Crippen molar-refractivity contribution in [3.63, 3.8) is 0 Å². The molecule has 9 heteroatoms. The van der Waals surface area contributed by atoms with Crippen LogP contribution in [0.5, 0.6) is 0 Å². The molecule has 0 saturated carbocycles. The van der Waals surface area contributed by atoms with E-state index >= 15 is 0 Å². The predicted octanol–water partition coefficient (Wildman–Crippen LogP) is 2.17. The fourth-order valence-electron chi connectivity index (χ4n) is 2.93. The van der Waals surface area contributed by atoms with Gasteiger partial charge in [0.25, 0.3) is 5.69 Å². The summed E-state index contributed by atoms with van der Waals surface area (Å²) in [6, 6.07) is 13.5. The molecule has 0 fully saturated rings. The van der Waals surface area contributed by atoms with Gasteiger partial charge in [-0.15, -0.1) is 0 Å². The van der Waals surface area contributed by atoms with Gasteiger partial charge in [-0.25, -0.2) is 8.42 Å². The highest BCUT2D eigenvalue weighted by atomic mass is 32.2. The summed E-state index contributed by atoms with van der Waals surface area (Å²) in [5.41, 5.74) is 6.88. The van der Waals surface area contributed by atoms with E-state index in [4.69, 9.17) is 5.73 Å². The Morgan fingerprint density at radius 3 is 2.17 bits per heavy atom. The van der Waals surface area contributed by atoms with Crippen molar-refractivity contribution in [3.8, 4) is 0 Å². The molecule has 0 saturated heterocycles. The van der Waals surface area contributed by atoms with E-state index in [1.54, 1.807) is 0 Å². The minimum Gasteiger partial charge on any atom is -0.390 e. The largest absolute Gasteiger partial charge is 0.390 e. The fourth-order valence-corrected chi connectivity index (χ4v) is 4.55. The van der Waals surface area contributed by atoms with Crippen LogP contribution < -0.4 is 5.73 Å². The van der Waals surface area contributed by atoms with Crippen LogP contribution >= 0.6 is 0 Å². The highest BCUT2D eigenvalue weighted by molar-refractivity contribution is 7.89. The lowest BCUT2D eigenvalue weighted by Crippen LogP contribution is -2.47. The van der Waals surface area contributed by atoms with Gasteiger partial charge in [0.1, 0.15) is 0 Å². The highest BCUT2D eigenvalue weighted by Gasteiger charge is 2.29. The van der Waals surface area contributed by atoms with Crippen molar-refractivity contribution in [1.82, 2.24) is 4.31 Å². The number of non-ortho nitro benzene ring substituents is 1. The number of hydrogen-bond donors (Lipinski definition) is 2. The molecule has 3 N–H and O–H groups in total. The van der Waals surface area contributed by atoms with Gasteiger partial charge in [0.05, 0.1) is 15.9 Å². The van der Waals surface area contributed by atoms with Crippen molar-refractivity contribution in [2.45, 2.75) is 37.3 Å². The number of hydrogen-bond acceptors (Lipinski definition) is 6. The minimum absolute atomic E-state index is 0.0142. The van der Waals surface area contributed by atoms with Crippen LogP contribution in [0.1, 0.15) is 19.4 Å². The molecule has 29 heavy (non-hydrogen) atoms. The highest BCUT2D eigenvalue weighted by Crippen LogP contribution is 2.21. The van der Waals surface area contributed by atoms with E-state index in [9.17, 15) is 23.6 Å². The second kappa shape index (κ2) is 9.93. The van der Waals surface area contributed by atoms with Crippen molar-refractivity contribution in [2.24, 2.45) is 11.7 Å². The van der Waals surface area contributed by atoms with Crippen LogP contribution in [0.15, 0.2) is 59.5 Å². The average Bonchev–Trinajstić information content (AvgIpc) is 2.67. The molecule has 0 unspecified atom stereocenters. The molecule has 2 atom stereocenters. The standard InChI is InChI=1S/C20H27N3O5S/c1-15(2)13-22(14-20(24)19(21)12-16-6-4-3-5-7-16)29(27,28)18-10-8-17(9-11-18)23(25)26/h3-11,15,19-20,24H,12-14,21H2,1-2H3/t19-,20+/m0/s1. The average molecular weight is 422 g/mol. The summed E-state index contributed by atoms with van der Waals surface area (Å²) in [6.45, 7) is 3.77. The molecule has 2 rings (SSSR count). The summed E-state index contributed by atoms with van der Waals surface area (Å²) in [7, 11) is -3.94. The number of nitrogens with two attached hydrogens (primary N) is 1. The molecule has 0 bridgehead atoms. The molecular formula is C20H27N3O5S. The molecule has 0 aliphatic rings. The zero-order valence-electron chi connectivity index (χ0n) is 16.5. The third kappa shape index (κ3) is 6.33. The topological polar surface area (TPSA) is 127 Å². The van der Waals surface area contributed by atoms with Crippen LogP contribution in [0.3, 0.4) is 0 Å². The Morgan fingerprint density at radius 2 is 1.66 bits per heavy atom. The Kier molecular flexibility index (Phi) is 7.86. The van der Waals surface area contributed by atoms with E-state index < -0.39 is 27.1 Å². The van der Waals surface area contributed by atoms with Gasteiger partial charge in [0.2, 0.25) is 10.0 Å². The van der Waals surface area contributed by atoms with Crippen molar-refractivity contribution in [3.05, 3.63) is 70.3 Å². The minimum atomic E-state index is -3.94. The number of aliphatic hydroxyl groups excluding tert-OH is 1. The number of nitro groups is 1. The lowest BCUT2D eigenvalue weighted by Gasteiger charge is -2.28. The Hall–Kier alpha value is -2.33. The summed E-state index contributed by atoms with van der Waals surface area (Å²) in [5.74, 6) is 0.0142. The monoisotopic (exact) mass is 421 g/mol. The van der Waals surface area contributed by atoms with Gasteiger partial charge < -0.3 is 10.8 Å². The molecule has 0 aliphatic heterocycles. The van der Waals surface area contributed by atoms with Crippen LogP contribution in [0.4, 0.5) is 5.69 Å². The van der Waals surface area contributed by atoms with Crippen molar-refractivity contribution < 1.29 is 18.4 Å². The van der Waals surface area contributed by atoms with E-state index in [2.05, 4.69) is 0 Å². The van der Waals surface area contributed by atoms with Crippen molar-refractivity contribution in [1.29, 1.82) is 0 Å². The predicted molar refractivity (Wildman–Crippen MR) is 111 cm³/mol. The normalized spacial score (nSPS) is 14.1. The number of benzene rings is 2. The molecule has 2 aromatic carbocycles. The van der Waals surface area contributed by atoms with Gasteiger partial charge in [-0.2, -0.15) is 4.31 Å². The molecule has 0 heterocycles. The summed E-state index contributed by atoms with van der Waals surface area (Å²) >= 11 is 0. The van der Waals surface area contributed by atoms with Gasteiger partial charge in [-0.3, -0.25) is 10.1 Å². The van der Waals surface area contributed by atoms with Gasteiger partial charge in [-0.1, -0.05) is 44.2 Å². The van der Waals surface area contributed by atoms with Crippen molar-refractivity contribution in [2.75, 3.05) is 13.1 Å². The second-order valence-corrected chi connectivity index (χ2v) is 9.33. The molecule has 0 radical (unpaired) electrons. The van der Waals surface area contributed by atoms with Gasteiger partial charge in [-0.05, 0) is 30.0 Å². The SMILES string of the molecule is CC(C)CN(C[C@@H](O)[C@@H](N)Cc1ccccc1)S(=O)(=O)c1ccc([N+](=O)[O-])cc1. The van der Waals surface area contributed by atoms with Gasteiger partial charge >= 0.3 is 0 Å². The summed E-state index contributed by atoms with van der Waals surface area (Å²) in [4.78, 5) is 10.2. The molecule has 8 nitrogen and oxygen atoms in total. The summed E-state index contributed by atoms with van der Waals surface area (Å²) in [6.07, 6.45) is -0.656. The lowest BCUT2D eigenvalue weighted by molar-refractivity contribution is -0.384. The Morgan fingerprint density at radius 1 is 1.07 bits per heavy atom. The van der Waals surface area contributed by atoms with Crippen LogP contribution in [0.2, 0.25) is 0 Å². The molecule has 0 spiro atoms. The maximum absolute atomic E-state index is 13.1.